The summed E-state index contributed by atoms with van der Waals surface area (Å²) in [6, 6.07) is 10.2. The van der Waals surface area contributed by atoms with Crippen LogP contribution < -0.4 is 25.8 Å². The molecule has 2 amide bonds. The van der Waals surface area contributed by atoms with Crippen molar-refractivity contribution in [1.82, 2.24) is 0 Å². The average Bonchev–Trinajstić information content (AvgIpc) is 3.16. The fourth-order valence-electron chi connectivity index (χ4n) is 3.61. The molecule has 0 radical (unpaired) electrons. The van der Waals surface area contributed by atoms with Gasteiger partial charge in [0.15, 0.2) is 11.5 Å². The van der Waals surface area contributed by atoms with Crippen LogP contribution in [0.5, 0.6) is 11.5 Å². The summed E-state index contributed by atoms with van der Waals surface area (Å²) < 4.78 is 10.6. The lowest BCUT2D eigenvalue weighted by Crippen LogP contribution is -2.24. The van der Waals surface area contributed by atoms with Crippen LogP contribution in [-0.4, -0.2) is 18.6 Å². The zero-order valence-corrected chi connectivity index (χ0v) is 16.7. The Hall–Kier alpha value is -2.93. The summed E-state index contributed by atoms with van der Waals surface area (Å²) in [6.45, 7) is 0.134. The molecule has 1 fully saturated rings. The van der Waals surface area contributed by atoms with Crippen molar-refractivity contribution in [2.45, 2.75) is 32.1 Å². The third-order valence-corrected chi connectivity index (χ3v) is 5.16. The van der Waals surface area contributed by atoms with E-state index in [0.717, 1.165) is 25.7 Å². The van der Waals surface area contributed by atoms with Gasteiger partial charge in [0.25, 0.3) is 5.91 Å². The van der Waals surface area contributed by atoms with E-state index in [-0.39, 0.29) is 36.9 Å². The van der Waals surface area contributed by atoms with Crippen molar-refractivity contribution < 1.29 is 19.1 Å². The molecule has 0 unspecified atom stereocenters. The van der Waals surface area contributed by atoms with Crippen molar-refractivity contribution in [2.75, 3.05) is 23.2 Å². The maximum Gasteiger partial charge on any atom is 0.255 e. The SMILES string of the molecule is Cl.Nc1cc2c(cc1NC(=O)c1cccc(NC(=O)C3CCCCC3)c1)OCO2. The number of hydrogen-bond donors (Lipinski definition) is 3. The van der Waals surface area contributed by atoms with E-state index in [2.05, 4.69) is 10.6 Å². The first-order valence-corrected chi connectivity index (χ1v) is 9.51. The van der Waals surface area contributed by atoms with Gasteiger partial charge in [-0.2, -0.15) is 0 Å². The molecule has 0 saturated heterocycles. The van der Waals surface area contributed by atoms with Crippen LogP contribution in [0.2, 0.25) is 0 Å². The van der Waals surface area contributed by atoms with Gasteiger partial charge in [-0.05, 0) is 31.0 Å². The van der Waals surface area contributed by atoms with E-state index in [1.807, 2.05) is 0 Å². The Labute approximate surface area is 175 Å². The Kier molecular flexibility index (Phi) is 6.49. The zero-order chi connectivity index (χ0) is 19.5. The molecule has 0 spiro atoms. The van der Waals surface area contributed by atoms with Crippen LogP contribution in [0.1, 0.15) is 42.5 Å². The van der Waals surface area contributed by atoms with Crippen molar-refractivity contribution in [3.63, 3.8) is 0 Å². The fourth-order valence-corrected chi connectivity index (χ4v) is 3.61. The summed E-state index contributed by atoms with van der Waals surface area (Å²) in [5.74, 6) is 0.859. The first-order chi connectivity index (χ1) is 13.6. The van der Waals surface area contributed by atoms with Crippen molar-refractivity contribution >= 4 is 41.3 Å². The van der Waals surface area contributed by atoms with Gasteiger partial charge in [0, 0.05) is 29.3 Å². The second kappa shape index (κ2) is 9.05. The number of nitrogen functional groups attached to an aromatic ring is 1. The van der Waals surface area contributed by atoms with Crippen LogP contribution >= 0.6 is 12.4 Å². The Morgan fingerprint density at radius 2 is 1.69 bits per heavy atom. The largest absolute Gasteiger partial charge is 0.454 e. The number of ether oxygens (including phenoxy) is 2. The molecule has 2 aromatic rings. The predicted molar refractivity (Wildman–Crippen MR) is 114 cm³/mol. The quantitative estimate of drug-likeness (QED) is 0.647. The molecule has 29 heavy (non-hydrogen) atoms. The smallest absolute Gasteiger partial charge is 0.255 e. The molecule has 1 aliphatic heterocycles. The van der Waals surface area contributed by atoms with Crippen molar-refractivity contribution in [2.24, 2.45) is 5.92 Å². The molecular formula is C21H24ClN3O4. The summed E-state index contributed by atoms with van der Waals surface area (Å²) in [4.78, 5) is 25.1. The van der Waals surface area contributed by atoms with Gasteiger partial charge in [0.2, 0.25) is 12.7 Å². The standard InChI is InChI=1S/C21H23N3O4.ClH/c22-16-10-18-19(28-12-27-18)11-17(16)24-21(26)14-7-4-8-15(9-14)23-20(25)13-5-2-1-3-6-13;/h4,7-11,13H,1-3,5-6,12,22H2,(H,23,25)(H,24,26);1H. The van der Waals surface area contributed by atoms with Gasteiger partial charge < -0.3 is 25.8 Å². The molecule has 4 rings (SSSR count). The Balaban J connectivity index is 0.00000240. The summed E-state index contributed by atoms with van der Waals surface area (Å²) in [5, 5.41) is 5.72. The lowest BCUT2D eigenvalue weighted by Gasteiger charge is -2.20. The number of benzene rings is 2. The molecule has 1 heterocycles. The second-order valence-corrected chi connectivity index (χ2v) is 7.15. The fraction of sp³-hybridized carbons (Fsp3) is 0.333. The topological polar surface area (TPSA) is 103 Å². The molecule has 1 saturated carbocycles. The number of rotatable bonds is 4. The van der Waals surface area contributed by atoms with E-state index < -0.39 is 0 Å². The summed E-state index contributed by atoms with van der Waals surface area (Å²) in [7, 11) is 0. The number of amides is 2. The highest BCUT2D eigenvalue weighted by Crippen LogP contribution is 2.38. The van der Waals surface area contributed by atoms with Gasteiger partial charge >= 0.3 is 0 Å². The Morgan fingerprint density at radius 3 is 2.45 bits per heavy atom. The number of fused-ring (bicyclic) bond motifs is 1. The number of nitrogens with one attached hydrogen (secondary N) is 2. The van der Waals surface area contributed by atoms with Crippen LogP contribution in [0.25, 0.3) is 0 Å². The number of anilines is 3. The van der Waals surface area contributed by atoms with Gasteiger partial charge in [-0.3, -0.25) is 9.59 Å². The van der Waals surface area contributed by atoms with Crippen molar-refractivity contribution in [3.05, 3.63) is 42.0 Å². The summed E-state index contributed by atoms with van der Waals surface area (Å²) >= 11 is 0. The van der Waals surface area contributed by atoms with E-state index in [0.29, 0.717) is 34.1 Å². The lowest BCUT2D eigenvalue weighted by atomic mass is 9.88. The van der Waals surface area contributed by atoms with Crippen LogP contribution in [0.3, 0.4) is 0 Å². The van der Waals surface area contributed by atoms with Crippen LogP contribution in [0.15, 0.2) is 36.4 Å². The van der Waals surface area contributed by atoms with Gasteiger partial charge in [-0.1, -0.05) is 25.3 Å². The highest BCUT2D eigenvalue weighted by molar-refractivity contribution is 6.07. The van der Waals surface area contributed by atoms with E-state index in [9.17, 15) is 9.59 Å². The van der Waals surface area contributed by atoms with Crippen LogP contribution in [-0.2, 0) is 4.79 Å². The van der Waals surface area contributed by atoms with E-state index in [4.69, 9.17) is 15.2 Å². The van der Waals surface area contributed by atoms with Gasteiger partial charge in [0.1, 0.15) is 0 Å². The highest BCUT2D eigenvalue weighted by Gasteiger charge is 2.21. The average molecular weight is 418 g/mol. The lowest BCUT2D eigenvalue weighted by molar-refractivity contribution is -0.120. The van der Waals surface area contributed by atoms with Crippen molar-refractivity contribution in [3.8, 4) is 11.5 Å². The Bertz CT molecular complexity index is 913. The molecule has 7 nitrogen and oxygen atoms in total. The minimum absolute atomic E-state index is 0. The van der Waals surface area contributed by atoms with Gasteiger partial charge in [-0.15, -0.1) is 12.4 Å². The minimum Gasteiger partial charge on any atom is -0.454 e. The maximum atomic E-state index is 12.7. The normalized spacial score (nSPS) is 15.3. The Morgan fingerprint density at radius 1 is 0.966 bits per heavy atom. The molecule has 154 valence electrons. The molecule has 4 N–H and O–H groups in total. The maximum absolute atomic E-state index is 12.7. The molecular weight excluding hydrogens is 394 g/mol. The molecule has 1 aliphatic carbocycles. The highest BCUT2D eigenvalue weighted by atomic mass is 35.5. The third kappa shape index (κ3) is 4.74. The number of hydrogen-bond acceptors (Lipinski definition) is 5. The first kappa shape index (κ1) is 20.8. The van der Waals surface area contributed by atoms with Gasteiger partial charge in [-0.25, -0.2) is 0 Å². The van der Waals surface area contributed by atoms with E-state index in [1.165, 1.54) is 6.42 Å². The predicted octanol–water partition coefficient (Wildman–Crippen LogP) is 4.19. The minimum atomic E-state index is -0.320. The molecule has 2 aromatic carbocycles. The third-order valence-electron chi connectivity index (χ3n) is 5.16. The molecule has 0 atom stereocenters. The molecule has 2 aliphatic rings. The van der Waals surface area contributed by atoms with Crippen LogP contribution in [0, 0.1) is 5.92 Å². The molecule has 0 bridgehead atoms. The zero-order valence-electron chi connectivity index (χ0n) is 15.9. The van der Waals surface area contributed by atoms with E-state index in [1.54, 1.807) is 36.4 Å². The number of carbonyl (C=O) groups excluding carboxylic acids is 2. The number of halogens is 1. The van der Waals surface area contributed by atoms with Crippen molar-refractivity contribution in [1.29, 1.82) is 0 Å². The monoisotopic (exact) mass is 417 g/mol. The molecule has 0 aromatic heterocycles. The van der Waals surface area contributed by atoms with E-state index >= 15 is 0 Å². The molecule has 8 heteroatoms. The number of nitrogens with two attached hydrogens (primary N) is 1. The first-order valence-electron chi connectivity index (χ1n) is 9.51. The van der Waals surface area contributed by atoms with Gasteiger partial charge in [0.05, 0.1) is 11.4 Å². The number of carbonyl (C=O) groups is 2. The summed E-state index contributed by atoms with van der Waals surface area (Å²) in [5.41, 5.74) is 7.87. The second-order valence-electron chi connectivity index (χ2n) is 7.15. The van der Waals surface area contributed by atoms with Crippen LogP contribution in [0.4, 0.5) is 17.1 Å². The summed E-state index contributed by atoms with van der Waals surface area (Å²) in [6.07, 6.45) is 5.24.